The average Bonchev–Trinajstić information content (AvgIpc) is 3.50. The van der Waals surface area contributed by atoms with Gasteiger partial charge in [-0.3, -0.25) is 14.7 Å². The molecule has 164 valence electrons. The van der Waals surface area contributed by atoms with Crippen LogP contribution in [0, 0.1) is 5.82 Å². The molecule has 3 aromatic rings. The van der Waals surface area contributed by atoms with E-state index in [1.807, 2.05) is 4.90 Å². The van der Waals surface area contributed by atoms with Gasteiger partial charge in [-0.25, -0.2) is 4.39 Å². The van der Waals surface area contributed by atoms with Crippen LogP contribution in [-0.2, 0) is 0 Å². The molecule has 0 aliphatic carbocycles. The number of benzene rings is 2. The van der Waals surface area contributed by atoms with Crippen LogP contribution in [0.2, 0.25) is 0 Å². The second-order valence-corrected chi connectivity index (χ2v) is 7.78. The van der Waals surface area contributed by atoms with E-state index in [1.54, 1.807) is 36.4 Å². The van der Waals surface area contributed by atoms with E-state index in [0.717, 1.165) is 18.5 Å². The van der Waals surface area contributed by atoms with Gasteiger partial charge < -0.3 is 19.7 Å². The number of anilines is 1. The molecule has 2 N–H and O–H groups in total. The number of aromatic amines is 1. The lowest BCUT2D eigenvalue weighted by Gasteiger charge is -2.31. The van der Waals surface area contributed by atoms with Crippen LogP contribution in [0.15, 0.2) is 48.5 Å². The maximum Gasteiger partial charge on any atom is 0.276 e. The lowest BCUT2D eigenvalue weighted by Crippen LogP contribution is -2.38. The number of carbonyl (C=O) groups is 2. The summed E-state index contributed by atoms with van der Waals surface area (Å²) in [7, 11) is 0. The number of carbonyl (C=O) groups excluding carboxylic acids is 2. The summed E-state index contributed by atoms with van der Waals surface area (Å²) in [5.41, 5.74) is 1.71. The first-order chi connectivity index (χ1) is 15.6. The number of aromatic nitrogens is 2. The van der Waals surface area contributed by atoms with E-state index in [2.05, 4.69) is 15.5 Å². The molecule has 0 bridgehead atoms. The molecule has 0 saturated carbocycles. The second kappa shape index (κ2) is 8.33. The minimum atomic E-state index is -0.504. The standard InChI is InChI=1S/C23H21FN4O4/c24-16-3-1-2-4-17(16)25-22(29)19-12-18(26-27-19)14-7-9-28(10-8-14)23(30)15-5-6-20-21(11-15)32-13-31-20/h1-6,11-12,14H,7-10,13H2,(H,25,29)(H,26,27). The Hall–Kier alpha value is -3.88. The number of fused-ring (bicyclic) bond motifs is 1. The Morgan fingerprint density at radius 2 is 1.84 bits per heavy atom. The van der Waals surface area contributed by atoms with E-state index in [0.29, 0.717) is 30.2 Å². The normalized spacial score (nSPS) is 15.6. The smallest absolute Gasteiger partial charge is 0.276 e. The van der Waals surface area contributed by atoms with Gasteiger partial charge in [-0.1, -0.05) is 12.1 Å². The second-order valence-electron chi connectivity index (χ2n) is 7.78. The van der Waals surface area contributed by atoms with Crippen LogP contribution in [0.5, 0.6) is 11.5 Å². The van der Waals surface area contributed by atoms with Gasteiger partial charge in [-0.2, -0.15) is 5.10 Å². The Morgan fingerprint density at radius 3 is 2.66 bits per heavy atom. The van der Waals surface area contributed by atoms with Crippen molar-refractivity contribution in [2.45, 2.75) is 18.8 Å². The number of nitrogens with one attached hydrogen (secondary N) is 2. The molecule has 0 atom stereocenters. The number of likely N-dealkylation sites (tertiary alicyclic amines) is 1. The zero-order valence-corrected chi connectivity index (χ0v) is 17.1. The predicted molar refractivity (Wildman–Crippen MR) is 113 cm³/mol. The molecule has 9 heteroatoms. The molecule has 8 nitrogen and oxygen atoms in total. The minimum absolute atomic E-state index is 0.0451. The highest BCUT2D eigenvalue weighted by molar-refractivity contribution is 6.03. The van der Waals surface area contributed by atoms with E-state index in [4.69, 9.17) is 9.47 Å². The van der Waals surface area contributed by atoms with Crippen molar-refractivity contribution in [3.05, 3.63) is 71.3 Å². The topological polar surface area (TPSA) is 96.5 Å². The summed E-state index contributed by atoms with van der Waals surface area (Å²) in [6.45, 7) is 1.35. The largest absolute Gasteiger partial charge is 0.454 e. The van der Waals surface area contributed by atoms with Crippen molar-refractivity contribution in [2.75, 3.05) is 25.2 Å². The van der Waals surface area contributed by atoms with Gasteiger partial charge in [0, 0.05) is 30.3 Å². The van der Waals surface area contributed by atoms with Crippen molar-refractivity contribution in [1.29, 1.82) is 0 Å². The van der Waals surface area contributed by atoms with Crippen molar-refractivity contribution in [2.24, 2.45) is 0 Å². The third-order valence-corrected chi connectivity index (χ3v) is 5.79. The minimum Gasteiger partial charge on any atom is -0.454 e. The fraction of sp³-hybridized carbons (Fsp3) is 0.261. The summed E-state index contributed by atoms with van der Waals surface area (Å²) < 4.78 is 24.4. The lowest BCUT2D eigenvalue weighted by molar-refractivity contribution is 0.0711. The zero-order valence-electron chi connectivity index (χ0n) is 17.1. The Balaban J connectivity index is 1.19. The van der Waals surface area contributed by atoms with E-state index < -0.39 is 11.7 Å². The van der Waals surface area contributed by atoms with Crippen LogP contribution in [0.4, 0.5) is 10.1 Å². The van der Waals surface area contributed by atoms with Gasteiger partial charge >= 0.3 is 0 Å². The summed E-state index contributed by atoms with van der Waals surface area (Å²) >= 11 is 0. The van der Waals surface area contributed by atoms with Crippen molar-refractivity contribution >= 4 is 17.5 Å². The van der Waals surface area contributed by atoms with E-state index in [1.165, 1.54) is 12.1 Å². The number of amides is 2. The summed E-state index contributed by atoms with van der Waals surface area (Å²) in [5.74, 6) is 0.359. The van der Waals surface area contributed by atoms with Gasteiger partial charge in [-0.15, -0.1) is 0 Å². The molecule has 3 heterocycles. The first-order valence-electron chi connectivity index (χ1n) is 10.4. The fourth-order valence-electron chi connectivity index (χ4n) is 4.02. The highest BCUT2D eigenvalue weighted by atomic mass is 19.1. The van der Waals surface area contributed by atoms with Crippen molar-refractivity contribution in [3.63, 3.8) is 0 Å². The third kappa shape index (κ3) is 3.89. The maximum absolute atomic E-state index is 13.8. The third-order valence-electron chi connectivity index (χ3n) is 5.79. The summed E-state index contributed by atoms with van der Waals surface area (Å²) in [4.78, 5) is 27.1. The molecule has 2 aliphatic heterocycles. The van der Waals surface area contributed by atoms with E-state index >= 15 is 0 Å². The van der Waals surface area contributed by atoms with E-state index in [-0.39, 0.29) is 30.0 Å². The predicted octanol–water partition coefficient (Wildman–Crippen LogP) is 3.55. The van der Waals surface area contributed by atoms with Crippen LogP contribution in [0.3, 0.4) is 0 Å². The Labute approximate surface area is 183 Å². The van der Waals surface area contributed by atoms with Gasteiger partial charge in [-0.05, 0) is 49.2 Å². The number of nitrogens with zero attached hydrogens (tertiary/aromatic N) is 2. The highest BCUT2D eigenvalue weighted by Gasteiger charge is 2.27. The SMILES string of the molecule is O=C(Nc1ccccc1F)c1cc(C2CCN(C(=O)c3ccc4c(c3)OCO4)CC2)[nH]n1. The van der Waals surface area contributed by atoms with E-state index in [9.17, 15) is 14.0 Å². The summed E-state index contributed by atoms with van der Waals surface area (Å²) in [6.07, 6.45) is 1.49. The molecule has 1 aromatic heterocycles. The van der Waals surface area contributed by atoms with Crippen LogP contribution in [0.1, 0.15) is 45.3 Å². The molecule has 1 fully saturated rings. The zero-order chi connectivity index (χ0) is 22.1. The lowest BCUT2D eigenvalue weighted by atomic mass is 9.93. The molecule has 0 unspecified atom stereocenters. The Kier molecular flexibility index (Phi) is 5.22. The number of ether oxygens (including phenoxy) is 2. The van der Waals surface area contributed by atoms with Gasteiger partial charge in [0.2, 0.25) is 6.79 Å². The van der Waals surface area contributed by atoms with Crippen LogP contribution >= 0.6 is 0 Å². The molecule has 2 amide bonds. The van der Waals surface area contributed by atoms with Crippen LogP contribution in [0.25, 0.3) is 0 Å². The number of hydrogen-bond acceptors (Lipinski definition) is 5. The van der Waals surface area contributed by atoms with Gasteiger partial charge in [0.15, 0.2) is 17.2 Å². The maximum atomic E-state index is 13.8. The molecule has 2 aliphatic rings. The number of halogens is 1. The van der Waals surface area contributed by atoms with Crippen LogP contribution < -0.4 is 14.8 Å². The number of H-pyrrole nitrogens is 1. The monoisotopic (exact) mass is 436 g/mol. The molecule has 32 heavy (non-hydrogen) atoms. The van der Waals surface area contributed by atoms with Crippen molar-refractivity contribution < 1.29 is 23.5 Å². The van der Waals surface area contributed by atoms with Gasteiger partial charge in [0.25, 0.3) is 11.8 Å². The number of rotatable bonds is 4. The molecular formula is C23H21FN4O4. The molecule has 1 saturated heterocycles. The van der Waals surface area contributed by atoms with Gasteiger partial charge in [0.05, 0.1) is 5.69 Å². The first kappa shape index (κ1) is 20.0. The molecule has 0 spiro atoms. The van der Waals surface area contributed by atoms with Crippen molar-refractivity contribution in [1.82, 2.24) is 15.1 Å². The number of para-hydroxylation sites is 1. The first-order valence-corrected chi connectivity index (χ1v) is 10.4. The molecular weight excluding hydrogens is 415 g/mol. The quantitative estimate of drug-likeness (QED) is 0.652. The molecule has 2 aromatic carbocycles. The molecule has 5 rings (SSSR count). The number of hydrogen-bond donors (Lipinski definition) is 2. The molecule has 0 radical (unpaired) electrons. The summed E-state index contributed by atoms with van der Waals surface area (Å²) in [6, 6.07) is 12.9. The van der Waals surface area contributed by atoms with Gasteiger partial charge in [0.1, 0.15) is 5.82 Å². The average molecular weight is 436 g/mol. The highest BCUT2D eigenvalue weighted by Crippen LogP contribution is 2.34. The summed E-state index contributed by atoms with van der Waals surface area (Å²) in [5, 5.41) is 9.54. The Morgan fingerprint density at radius 1 is 1.06 bits per heavy atom. The Bertz CT molecular complexity index is 1170. The van der Waals surface area contributed by atoms with Crippen molar-refractivity contribution in [3.8, 4) is 11.5 Å². The number of piperidine rings is 1. The van der Waals surface area contributed by atoms with Crippen LogP contribution in [-0.4, -0.2) is 46.8 Å². The fourth-order valence-corrected chi connectivity index (χ4v) is 4.02.